The molecule has 0 aliphatic rings. The predicted molar refractivity (Wildman–Crippen MR) is 133 cm³/mol. The van der Waals surface area contributed by atoms with Crippen LogP contribution in [0.2, 0.25) is 0 Å². The van der Waals surface area contributed by atoms with E-state index < -0.39 is 0 Å². The Hall–Kier alpha value is -5.38. The van der Waals surface area contributed by atoms with Crippen LogP contribution >= 0.6 is 0 Å². The van der Waals surface area contributed by atoms with Gasteiger partial charge in [0.15, 0.2) is 5.75 Å². The fraction of sp³-hybridized carbons (Fsp3) is 0. The first-order valence-electron chi connectivity index (χ1n) is 9.92. The minimum Gasteiger partial charge on any atom is -0.506 e. The zero-order valence-corrected chi connectivity index (χ0v) is 17.8. The molecule has 6 N–H and O–H groups in total. The number of benzene rings is 4. The number of nitrogen functional groups attached to an aromatic ring is 2. The van der Waals surface area contributed by atoms with Crippen molar-refractivity contribution in [2.45, 2.75) is 0 Å². The molecule has 0 aliphatic carbocycles. The molecule has 0 heterocycles. The first-order chi connectivity index (χ1) is 16.3. The summed E-state index contributed by atoms with van der Waals surface area (Å²) in [5.41, 5.74) is 13.1. The van der Waals surface area contributed by atoms with E-state index in [1.165, 1.54) is 24.3 Å². The monoisotopic (exact) mass is 446 g/mol. The maximum absolute atomic E-state index is 9.98. The van der Waals surface area contributed by atoms with Crippen LogP contribution < -0.4 is 20.9 Å². The van der Waals surface area contributed by atoms with Gasteiger partial charge in [-0.15, -0.1) is 19.3 Å². The normalized spacial score (nSPS) is 10.1. The van der Waals surface area contributed by atoms with E-state index >= 15 is 0 Å². The third kappa shape index (κ3) is 3.94. The molecule has 4 aromatic rings. The van der Waals surface area contributed by atoms with E-state index in [1.807, 2.05) is 0 Å². The number of fused-ring (bicyclic) bond motifs is 1. The number of ether oxygens (including phenoxy) is 2. The van der Waals surface area contributed by atoms with Gasteiger partial charge < -0.3 is 31.2 Å². The summed E-state index contributed by atoms with van der Waals surface area (Å²) in [4.78, 5) is 0. The number of hydrogen-bond donors (Lipinski definition) is 4. The van der Waals surface area contributed by atoms with Crippen LogP contribution in [0.5, 0.6) is 34.5 Å². The van der Waals surface area contributed by atoms with Crippen LogP contribution in [0.4, 0.5) is 11.4 Å². The maximum Gasteiger partial charge on any atom is 0.151 e. The van der Waals surface area contributed by atoms with Crippen molar-refractivity contribution in [3.05, 3.63) is 71.3 Å². The van der Waals surface area contributed by atoms with Crippen LogP contribution in [-0.2, 0) is 0 Å². The summed E-state index contributed by atoms with van der Waals surface area (Å²) in [5.74, 6) is 8.77. The summed E-state index contributed by atoms with van der Waals surface area (Å²) in [6, 6.07) is 13.9. The van der Waals surface area contributed by atoms with E-state index in [0.29, 0.717) is 50.5 Å². The van der Waals surface area contributed by atoms with E-state index in [-0.39, 0.29) is 22.9 Å². The molecular weight excluding hydrogens is 428 g/mol. The lowest BCUT2D eigenvalue weighted by molar-refractivity contribution is 0.456. The largest absolute Gasteiger partial charge is 0.506 e. The summed E-state index contributed by atoms with van der Waals surface area (Å²) < 4.78 is 12.1. The van der Waals surface area contributed by atoms with Gasteiger partial charge in [0, 0.05) is 34.0 Å². The number of terminal acetylenes is 3. The molecule has 0 fully saturated rings. The Morgan fingerprint density at radius 3 is 1.79 bits per heavy atom. The number of phenols is 2. The maximum atomic E-state index is 9.98. The molecule has 6 heteroatoms. The summed E-state index contributed by atoms with van der Waals surface area (Å²) >= 11 is 0. The molecule has 0 bridgehead atoms. The highest BCUT2D eigenvalue weighted by Gasteiger charge is 2.19. The molecule has 34 heavy (non-hydrogen) atoms. The van der Waals surface area contributed by atoms with E-state index in [0.717, 1.165) is 0 Å². The van der Waals surface area contributed by atoms with Gasteiger partial charge in [-0.3, -0.25) is 0 Å². The highest BCUT2D eigenvalue weighted by atomic mass is 16.5. The van der Waals surface area contributed by atoms with Crippen molar-refractivity contribution in [1.82, 2.24) is 0 Å². The Morgan fingerprint density at radius 2 is 1.26 bits per heavy atom. The van der Waals surface area contributed by atoms with E-state index in [4.69, 9.17) is 40.2 Å². The molecule has 4 rings (SSSR count). The van der Waals surface area contributed by atoms with Gasteiger partial charge in [0.2, 0.25) is 0 Å². The highest BCUT2D eigenvalue weighted by Crippen LogP contribution is 2.43. The average Bonchev–Trinajstić information content (AvgIpc) is 2.83. The quantitative estimate of drug-likeness (QED) is 0.201. The van der Waals surface area contributed by atoms with Crippen LogP contribution in [-0.4, -0.2) is 10.2 Å². The Kier molecular flexibility index (Phi) is 5.54. The minimum absolute atomic E-state index is 0.131. The Bertz CT molecular complexity index is 1580. The average molecular weight is 446 g/mol. The first-order valence-corrected chi connectivity index (χ1v) is 9.92. The van der Waals surface area contributed by atoms with Gasteiger partial charge in [0.1, 0.15) is 28.7 Å². The van der Waals surface area contributed by atoms with Gasteiger partial charge in [-0.25, -0.2) is 0 Å². The van der Waals surface area contributed by atoms with E-state index in [1.54, 1.807) is 30.3 Å². The van der Waals surface area contributed by atoms with Gasteiger partial charge in [-0.2, -0.15) is 0 Å². The molecule has 164 valence electrons. The van der Waals surface area contributed by atoms with Crippen molar-refractivity contribution in [3.8, 4) is 71.5 Å². The summed E-state index contributed by atoms with van der Waals surface area (Å²) in [7, 11) is 0. The molecule has 0 saturated heterocycles. The predicted octanol–water partition coefficient (Wildman–Crippen LogP) is 4.94. The third-order valence-electron chi connectivity index (χ3n) is 5.08. The standard InChI is InChI=1S/C28H18N2O4/c1-4-16-11-21-27(26(12-16)33-19-7-9-22(29)24(31)14-19)17(5-2)13-18(6-3)28(21)34-20-8-10-23(30)25(32)15-20/h1-3,7-15,31-32H,29-30H2. The molecule has 0 aliphatic heterocycles. The SMILES string of the molecule is C#Cc1cc(Oc2ccc(N)c(O)c2)c2c(C#C)cc(C#C)c(Oc3ccc(N)c(O)c3)c2c1. The van der Waals surface area contributed by atoms with Gasteiger partial charge in [-0.05, 0) is 42.5 Å². The summed E-state index contributed by atoms with van der Waals surface area (Å²) in [5, 5.41) is 21.0. The van der Waals surface area contributed by atoms with Crippen molar-refractivity contribution >= 4 is 22.1 Å². The lowest BCUT2D eigenvalue weighted by atomic mass is 9.97. The zero-order valence-electron chi connectivity index (χ0n) is 17.8. The number of nitrogens with two attached hydrogens (primary N) is 2. The lowest BCUT2D eigenvalue weighted by Gasteiger charge is -2.17. The molecule has 0 saturated carbocycles. The molecule has 0 spiro atoms. The van der Waals surface area contributed by atoms with Crippen molar-refractivity contribution in [3.63, 3.8) is 0 Å². The van der Waals surface area contributed by atoms with Gasteiger partial charge >= 0.3 is 0 Å². The van der Waals surface area contributed by atoms with Crippen molar-refractivity contribution in [1.29, 1.82) is 0 Å². The van der Waals surface area contributed by atoms with Gasteiger partial charge in [0.05, 0.1) is 16.9 Å². The summed E-state index contributed by atoms with van der Waals surface area (Å²) in [6.45, 7) is 0. The Labute approximate surface area is 196 Å². The number of phenolic OH excluding ortho intramolecular Hbond substituents is 2. The molecule has 0 atom stereocenters. The van der Waals surface area contributed by atoms with Crippen LogP contribution in [0.25, 0.3) is 10.8 Å². The van der Waals surface area contributed by atoms with E-state index in [9.17, 15) is 10.2 Å². The third-order valence-corrected chi connectivity index (χ3v) is 5.08. The molecule has 0 radical (unpaired) electrons. The van der Waals surface area contributed by atoms with Gasteiger partial charge in [0.25, 0.3) is 0 Å². The second-order valence-electron chi connectivity index (χ2n) is 7.28. The Morgan fingerprint density at radius 1 is 0.676 bits per heavy atom. The van der Waals surface area contributed by atoms with Gasteiger partial charge in [-0.1, -0.05) is 17.8 Å². The fourth-order valence-electron chi connectivity index (χ4n) is 3.41. The summed E-state index contributed by atoms with van der Waals surface area (Å²) in [6.07, 6.45) is 17.3. The van der Waals surface area contributed by atoms with Crippen molar-refractivity contribution < 1.29 is 19.7 Å². The molecule has 0 unspecified atom stereocenters. The van der Waals surface area contributed by atoms with Crippen LogP contribution in [0, 0.1) is 37.0 Å². The molecule has 6 nitrogen and oxygen atoms in total. The number of hydrogen-bond acceptors (Lipinski definition) is 6. The van der Waals surface area contributed by atoms with Crippen LogP contribution in [0.15, 0.2) is 54.6 Å². The van der Waals surface area contributed by atoms with Crippen LogP contribution in [0.3, 0.4) is 0 Å². The van der Waals surface area contributed by atoms with E-state index in [2.05, 4.69) is 17.8 Å². The fourth-order valence-corrected chi connectivity index (χ4v) is 3.41. The lowest BCUT2D eigenvalue weighted by Crippen LogP contribution is -1.97. The molecule has 4 aromatic carbocycles. The first kappa shape index (κ1) is 21.8. The Balaban J connectivity index is 1.98. The number of anilines is 2. The second-order valence-corrected chi connectivity index (χ2v) is 7.28. The van der Waals surface area contributed by atoms with Crippen molar-refractivity contribution in [2.24, 2.45) is 0 Å². The molecule has 0 aromatic heterocycles. The minimum atomic E-state index is -0.138. The van der Waals surface area contributed by atoms with Crippen LogP contribution in [0.1, 0.15) is 16.7 Å². The number of rotatable bonds is 4. The smallest absolute Gasteiger partial charge is 0.151 e. The topological polar surface area (TPSA) is 111 Å². The molecule has 0 amide bonds. The van der Waals surface area contributed by atoms with Crippen molar-refractivity contribution in [2.75, 3.05) is 11.5 Å². The second kappa shape index (κ2) is 8.63. The molecular formula is C28H18N2O4. The number of aromatic hydroxyl groups is 2. The zero-order chi connectivity index (χ0) is 24.4. The highest BCUT2D eigenvalue weighted by molar-refractivity contribution is 6.00.